The topological polar surface area (TPSA) is 78.9 Å². The minimum atomic E-state index is -0.188. The van der Waals surface area contributed by atoms with Gasteiger partial charge in [-0.25, -0.2) is 4.99 Å². The molecule has 0 spiro atoms. The van der Waals surface area contributed by atoms with Gasteiger partial charge in [0.15, 0.2) is 5.82 Å². The summed E-state index contributed by atoms with van der Waals surface area (Å²) in [5.41, 5.74) is 5.88. The highest BCUT2D eigenvalue weighted by molar-refractivity contribution is 6.50. The van der Waals surface area contributed by atoms with Gasteiger partial charge in [-0.1, -0.05) is 48.5 Å². The van der Waals surface area contributed by atoms with E-state index in [1.165, 1.54) is 11.3 Å². The zero-order valence-corrected chi connectivity index (χ0v) is 22.5. The Labute approximate surface area is 204 Å². The molecule has 7 nitrogen and oxygen atoms in total. The van der Waals surface area contributed by atoms with Gasteiger partial charge in [0.2, 0.25) is 5.82 Å². The fourth-order valence-electron chi connectivity index (χ4n) is 5.24. The van der Waals surface area contributed by atoms with Crippen molar-refractivity contribution in [3.63, 3.8) is 0 Å². The van der Waals surface area contributed by atoms with Crippen LogP contribution in [0.5, 0.6) is 0 Å². The Morgan fingerprint density at radius 2 is 1.76 bits per heavy atom. The van der Waals surface area contributed by atoms with Crippen molar-refractivity contribution in [2.45, 2.75) is 92.5 Å². The minimum Gasteiger partial charge on any atom is -0.395 e. The highest BCUT2D eigenvalue weighted by Gasteiger charge is 2.39. The number of aliphatic hydroxyl groups excluding tert-OH is 1. The van der Waals surface area contributed by atoms with Gasteiger partial charge in [0, 0.05) is 28.6 Å². The molecule has 1 aromatic heterocycles. The van der Waals surface area contributed by atoms with Gasteiger partial charge < -0.3 is 10.0 Å². The summed E-state index contributed by atoms with van der Waals surface area (Å²) in [6.07, 6.45) is 1.02. The van der Waals surface area contributed by atoms with E-state index in [-0.39, 0.29) is 23.0 Å². The van der Waals surface area contributed by atoms with E-state index in [4.69, 9.17) is 10.1 Å². The molecule has 1 N–H and O–H groups in total. The molecule has 34 heavy (non-hydrogen) atoms. The number of aliphatic hydroxyl groups is 1. The van der Waals surface area contributed by atoms with Gasteiger partial charge in [0.25, 0.3) is 0 Å². The number of aliphatic imine (C=N–C) groups is 1. The lowest BCUT2D eigenvalue weighted by Gasteiger charge is -2.47. The molecule has 1 atom stereocenters. The summed E-state index contributed by atoms with van der Waals surface area (Å²) in [7, 11) is 0. The Balaban J connectivity index is 1.88. The number of aromatic nitrogens is 3. The number of hydrogen-bond donors (Lipinski definition) is 1. The maximum atomic E-state index is 9.72. The number of β-amino-alcohol motifs (C(OH)–C–C–N with tert-alkyl or cyclic N) is 1. The largest absolute Gasteiger partial charge is 0.395 e. The van der Waals surface area contributed by atoms with E-state index in [1.807, 2.05) is 4.68 Å². The van der Waals surface area contributed by atoms with Crippen LogP contribution < -0.4 is 4.90 Å². The van der Waals surface area contributed by atoms with E-state index in [0.717, 1.165) is 34.9 Å². The van der Waals surface area contributed by atoms with E-state index in [0.29, 0.717) is 18.3 Å². The molecule has 0 amide bonds. The fourth-order valence-corrected chi connectivity index (χ4v) is 5.24. The first kappa shape index (κ1) is 24.6. The lowest BCUT2D eigenvalue weighted by molar-refractivity contribution is 0.277. The summed E-state index contributed by atoms with van der Waals surface area (Å²) in [6.45, 7) is 22.5. The lowest BCUT2D eigenvalue weighted by atomic mass is 9.79. The van der Waals surface area contributed by atoms with Crippen LogP contribution in [0.15, 0.2) is 22.2 Å². The highest BCUT2D eigenvalue weighted by atomic mass is 16.3. The molecular weight excluding hydrogens is 424 g/mol. The van der Waals surface area contributed by atoms with Crippen LogP contribution in [0.1, 0.15) is 97.4 Å². The lowest BCUT2D eigenvalue weighted by Crippen LogP contribution is -2.49. The molecular formula is C27H40N6O. The van der Waals surface area contributed by atoms with E-state index >= 15 is 0 Å². The van der Waals surface area contributed by atoms with Gasteiger partial charge in [-0.05, 0) is 56.4 Å². The number of aryl methyl sites for hydroxylation is 1. The van der Waals surface area contributed by atoms with Gasteiger partial charge in [0.1, 0.15) is 5.71 Å². The highest BCUT2D eigenvalue weighted by Crippen LogP contribution is 2.45. The molecule has 7 heteroatoms. The van der Waals surface area contributed by atoms with E-state index in [2.05, 4.69) is 96.5 Å². The first-order valence-corrected chi connectivity index (χ1v) is 12.3. The third-order valence-electron chi connectivity index (χ3n) is 6.92. The van der Waals surface area contributed by atoms with E-state index in [9.17, 15) is 5.11 Å². The third-order valence-corrected chi connectivity index (χ3v) is 6.92. The Morgan fingerprint density at radius 1 is 1.09 bits per heavy atom. The molecule has 1 aromatic carbocycles. The average molecular weight is 465 g/mol. The van der Waals surface area contributed by atoms with E-state index in [1.54, 1.807) is 0 Å². The first-order chi connectivity index (χ1) is 15.6. The maximum absolute atomic E-state index is 9.72. The van der Waals surface area contributed by atoms with Crippen LogP contribution in [-0.4, -0.2) is 50.1 Å². The molecule has 2 aromatic rings. The molecule has 0 fully saturated rings. The van der Waals surface area contributed by atoms with Crippen molar-refractivity contribution in [2.75, 3.05) is 18.1 Å². The monoisotopic (exact) mass is 464 g/mol. The molecule has 4 rings (SSSR count). The van der Waals surface area contributed by atoms with Gasteiger partial charge in [0.05, 0.1) is 18.0 Å². The molecule has 184 valence electrons. The second kappa shape index (κ2) is 8.01. The number of anilines is 1. The first-order valence-electron chi connectivity index (χ1n) is 12.3. The van der Waals surface area contributed by atoms with Crippen molar-refractivity contribution in [1.29, 1.82) is 0 Å². The molecule has 0 saturated carbocycles. The van der Waals surface area contributed by atoms with Gasteiger partial charge in [-0.2, -0.15) is 9.78 Å². The quantitative estimate of drug-likeness (QED) is 0.664. The molecule has 2 aliphatic rings. The third kappa shape index (κ3) is 4.08. The zero-order chi connectivity index (χ0) is 25.2. The summed E-state index contributed by atoms with van der Waals surface area (Å²) < 4.78 is 1.88. The molecule has 1 unspecified atom stereocenters. The molecule has 0 aliphatic carbocycles. The number of nitrogens with zero attached hydrogens (tertiary/aromatic N) is 6. The van der Waals surface area contributed by atoms with Crippen molar-refractivity contribution in [2.24, 2.45) is 15.5 Å². The Hall–Kier alpha value is -2.54. The summed E-state index contributed by atoms with van der Waals surface area (Å²) in [5.74, 6) is 1.95. The minimum absolute atomic E-state index is 0.00765. The second-order valence-electron chi connectivity index (χ2n) is 12.6. The van der Waals surface area contributed by atoms with Crippen molar-refractivity contribution in [1.82, 2.24) is 14.9 Å². The van der Waals surface area contributed by atoms with Crippen LogP contribution >= 0.6 is 0 Å². The normalized spacial score (nSPS) is 21.0. The maximum Gasteiger partial charge on any atom is 0.205 e. The van der Waals surface area contributed by atoms with E-state index < -0.39 is 0 Å². The van der Waals surface area contributed by atoms with Crippen LogP contribution in [0.3, 0.4) is 0 Å². The molecule has 0 radical (unpaired) electrons. The average Bonchev–Trinajstić information content (AvgIpc) is 3.25. The van der Waals surface area contributed by atoms with Gasteiger partial charge >= 0.3 is 0 Å². The number of fused-ring (bicyclic) bond motifs is 2. The number of rotatable bonds is 3. The van der Waals surface area contributed by atoms with Crippen molar-refractivity contribution >= 4 is 22.8 Å². The fraction of sp³-hybridized carbons (Fsp3) is 0.630. The summed E-state index contributed by atoms with van der Waals surface area (Å²) >= 11 is 0. The van der Waals surface area contributed by atoms with Crippen molar-refractivity contribution in [3.05, 3.63) is 34.9 Å². The van der Waals surface area contributed by atoms with Crippen LogP contribution in [0.4, 0.5) is 11.4 Å². The zero-order valence-electron chi connectivity index (χ0n) is 22.5. The Bertz CT molecular complexity index is 1170. The Morgan fingerprint density at radius 3 is 2.35 bits per heavy atom. The molecule has 3 heterocycles. The summed E-state index contributed by atoms with van der Waals surface area (Å²) in [6, 6.07) is 4.46. The number of benzene rings is 1. The van der Waals surface area contributed by atoms with Crippen LogP contribution in [0.2, 0.25) is 0 Å². The molecule has 0 bridgehead atoms. The smallest absolute Gasteiger partial charge is 0.205 e. The van der Waals surface area contributed by atoms with Crippen LogP contribution in [0.25, 0.3) is 0 Å². The van der Waals surface area contributed by atoms with Gasteiger partial charge in [-0.15, -0.1) is 10.2 Å². The van der Waals surface area contributed by atoms with Crippen molar-refractivity contribution < 1.29 is 5.11 Å². The predicted octanol–water partition coefficient (Wildman–Crippen LogP) is 5.35. The second-order valence-corrected chi connectivity index (χ2v) is 12.6. The van der Waals surface area contributed by atoms with Crippen LogP contribution in [0, 0.1) is 12.3 Å². The molecule has 0 saturated heterocycles. The summed E-state index contributed by atoms with van der Waals surface area (Å²) in [4.78, 5) is 7.53. The Kier molecular flexibility index (Phi) is 5.79. The van der Waals surface area contributed by atoms with Crippen molar-refractivity contribution in [3.8, 4) is 0 Å². The predicted molar refractivity (Wildman–Crippen MR) is 140 cm³/mol. The SMILES string of the molecule is Cc1cc2c(cc1/N=C1/C(C(C)(C)C)=Nn3c1nnc3C(C)(C)C)C(C)CC(C)(C)N2CCO. The molecule has 2 aliphatic heterocycles. The van der Waals surface area contributed by atoms with Crippen LogP contribution in [-0.2, 0) is 5.41 Å². The summed E-state index contributed by atoms with van der Waals surface area (Å²) in [5, 5.41) is 23.7. The number of hydrogen-bond acceptors (Lipinski definition) is 6. The van der Waals surface area contributed by atoms with Gasteiger partial charge in [-0.3, -0.25) is 0 Å². The standard InChI is InChI=1S/C27H40N6O/c1-16-13-20-18(17(2)15-27(9,10)32(20)11-12-34)14-19(16)28-21-22(25(3,4)5)31-33-23(21)29-30-24(33)26(6,7)8/h13-14,17,34H,11-12,15H2,1-10H3/b28-21-.